The SMILES string of the molecule is NCCCNCCCc1nc2ccccc2s1. The molecule has 0 fully saturated rings. The standard InChI is InChI=1S/C13H19N3S/c14-8-4-10-15-9-3-7-13-16-11-5-1-2-6-12(11)17-13/h1-2,5-6,15H,3-4,7-10,14H2. The van der Waals surface area contributed by atoms with E-state index in [4.69, 9.17) is 5.73 Å². The van der Waals surface area contributed by atoms with Gasteiger partial charge in [0.2, 0.25) is 0 Å². The van der Waals surface area contributed by atoms with Gasteiger partial charge in [-0.1, -0.05) is 12.1 Å². The van der Waals surface area contributed by atoms with Crippen molar-refractivity contribution in [2.24, 2.45) is 5.73 Å². The molecule has 0 bridgehead atoms. The molecule has 0 unspecified atom stereocenters. The van der Waals surface area contributed by atoms with E-state index in [1.165, 1.54) is 9.71 Å². The van der Waals surface area contributed by atoms with Crippen LogP contribution in [-0.4, -0.2) is 24.6 Å². The Balaban J connectivity index is 1.75. The van der Waals surface area contributed by atoms with Crippen LogP contribution in [0.5, 0.6) is 0 Å². The van der Waals surface area contributed by atoms with Crippen molar-refractivity contribution < 1.29 is 0 Å². The van der Waals surface area contributed by atoms with Crippen LogP contribution in [0.1, 0.15) is 17.8 Å². The highest BCUT2D eigenvalue weighted by Gasteiger charge is 2.02. The minimum Gasteiger partial charge on any atom is -0.330 e. The van der Waals surface area contributed by atoms with E-state index in [0.717, 1.165) is 44.4 Å². The van der Waals surface area contributed by atoms with E-state index < -0.39 is 0 Å². The molecule has 0 aliphatic carbocycles. The van der Waals surface area contributed by atoms with Crippen LogP contribution in [0.2, 0.25) is 0 Å². The first-order valence-corrected chi connectivity index (χ1v) is 6.97. The van der Waals surface area contributed by atoms with E-state index in [2.05, 4.69) is 28.5 Å². The summed E-state index contributed by atoms with van der Waals surface area (Å²) in [5.41, 5.74) is 6.56. The molecule has 2 rings (SSSR count). The molecule has 17 heavy (non-hydrogen) atoms. The minimum absolute atomic E-state index is 0.769. The molecule has 2 aromatic rings. The molecule has 92 valence electrons. The number of hydrogen-bond donors (Lipinski definition) is 2. The van der Waals surface area contributed by atoms with Crippen molar-refractivity contribution in [1.29, 1.82) is 0 Å². The van der Waals surface area contributed by atoms with Crippen LogP contribution in [0.25, 0.3) is 10.2 Å². The predicted molar refractivity (Wildman–Crippen MR) is 74.5 cm³/mol. The molecule has 0 saturated heterocycles. The number of nitrogens with two attached hydrogens (primary N) is 1. The van der Waals surface area contributed by atoms with E-state index in [1.807, 2.05) is 6.07 Å². The monoisotopic (exact) mass is 249 g/mol. The number of aromatic nitrogens is 1. The number of para-hydroxylation sites is 1. The Morgan fingerprint density at radius 3 is 2.82 bits per heavy atom. The van der Waals surface area contributed by atoms with Gasteiger partial charge < -0.3 is 11.1 Å². The highest BCUT2D eigenvalue weighted by molar-refractivity contribution is 7.18. The molecule has 1 aromatic heterocycles. The fourth-order valence-electron chi connectivity index (χ4n) is 1.74. The van der Waals surface area contributed by atoms with Gasteiger partial charge in [0.25, 0.3) is 0 Å². The van der Waals surface area contributed by atoms with E-state index in [9.17, 15) is 0 Å². The summed E-state index contributed by atoms with van der Waals surface area (Å²) < 4.78 is 1.29. The number of nitrogens with zero attached hydrogens (tertiary/aromatic N) is 1. The summed E-state index contributed by atoms with van der Waals surface area (Å²) in [6.45, 7) is 2.84. The summed E-state index contributed by atoms with van der Waals surface area (Å²) in [5.74, 6) is 0. The fraction of sp³-hybridized carbons (Fsp3) is 0.462. The van der Waals surface area contributed by atoms with Crippen LogP contribution in [0, 0.1) is 0 Å². The van der Waals surface area contributed by atoms with Crippen LogP contribution in [0.4, 0.5) is 0 Å². The molecule has 3 N–H and O–H groups in total. The van der Waals surface area contributed by atoms with Gasteiger partial charge >= 0.3 is 0 Å². The Labute approximate surface area is 106 Å². The molecule has 0 radical (unpaired) electrons. The van der Waals surface area contributed by atoms with Gasteiger partial charge in [0.1, 0.15) is 0 Å². The third-order valence-corrected chi connectivity index (χ3v) is 3.74. The Morgan fingerprint density at radius 1 is 1.18 bits per heavy atom. The first kappa shape index (κ1) is 12.5. The average molecular weight is 249 g/mol. The Bertz CT molecular complexity index is 420. The van der Waals surface area contributed by atoms with E-state index >= 15 is 0 Å². The normalized spacial score (nSPS) is 11.1. The highest BCUT2D eigenvalue weighted by Crippen LogP contribution is 2.22. The van der Waals surface area contributed by atoms with Crippen molar-refractivity contribution in [3.05, 3.63) is 29.3 Å². The van der Waals surface area contributed by atoms with Crippen LogP contribution >= 0.6 is 11.3 Å². The Hall–Kier alpha value is -0.970. The zero-order valence-corrected chi connectivity index (χ0v) is 10.8. The zero-order valence-electron chi connectivity index (χ0n) is 9.98. The lowest BCUT2D eigenvalue weighted by Gasteiger charge is -2.01. The Kier molecular flexibility index (Phi) is 4.91. The first-order chi connectivity index (χ1) is 8.40. The van der Waals surface area contributed by atoms with Gasteiger partial charge in [0.05, 0.1) is 15.2 Å². The molecule has 0 aliphatic rings. The van der Waals surface area contributed by atoms with Crippen LogP contribution < -0.4 is 11.1 Å². The molecule has 0 atom stereocenters. The molecule has 0 aliphatic heterocycles. The maximum absolute atomic E-state index is 5.43. The summed E-state index contributed by atoms with van der Waals surface area (Å²) in [6.07, 6.45) is 3.26. The quantitative estimate of drug-likeness (QED) is 0.739. The predicted octanol–water partition coefficient (Wildman–Crippen LogP) is 2.17. The average Bonchev–Trinajstić information content (AvgIpc) is 2.76. The van der Waals surface area contributed by atoms with Crippen molar-refractivity contribution in [1.82, 2.24) is 10.3 Å². The molecule has 3 nitrogen and oxygen atoms in total. The maximum Gasteiger partial charge on any atom is 0.0939 e. The first-order valence-electron chi connectivity index (χ1n) is 6.15. The molecule has 4 heteroatoms. The van der Waals surface area contributed by atoms with Crippen LogP contribution in [0.3, 0.4) is 0 Å². The molecule has 0 amide bonds. The van der Waals surface area contributed by atoms with Gasteiger partial charge in [0, 0.05) is 6.42 Å². The van der Waals surface area contributed by atoms with Crippen molar-refractivity contribution in [2.75, 3.05) is 19.6 Å². The van der Waals surface area contributed by atoms with E-state index in [1.54, 1.807) is 11.3 Å². The topological polar surface area (TPSA) is 50.9 Å². The van der Waals surface area contributed by atoms with Crippen molar-refractivity contribution in [3.63, 3.8) is 0 Å². The molecular weight excluding hydrogens is 230 g/mol. The van der Waals surface area contributed by atoms with E-state index in [0.29, 0.717) is 0 Å². The van der Waals surface area contributed by atoms with E-state index in [-0.39, 0.29) is 0 Å². The zero-order chi connectivity index (χ0) is 11.9. The lowest BCUT2D eigenvalue weighted by molar-refractivity contribution is 0.626. The lowest BCUT2D eigenvalue weighted by atomic mass is 10.3. The summed E-state index contributed by atoms with van der Waals surface area (Å²) in [7, 11) is 0. The third kappa shape index (κ3) is 3.77. The number of nitrogens with one attached hydrogen (secondary N) is 1. The molecule has 0 spiro atoms. The molecule has 1 heterocycles. The van der Waals surface area contributed by atoms with Gasteiger partial charge in [-0.05, 0) is 44.6 Å². The number of fused-ring (bicyclic) bond motifs is 1. The molecule has 0 saturated carbocycles. The summed E-state index contributed by atoms with van der Waals surface area (Å²) >= 11 is 1.81. The van der Waals surface area contributed by atoms with Crippen LogP contribution in [-0.2, 0) is 6.42 Å². The minimum atomic E-state index is 0.769. The third-order valence-electron chi connectivity index (χ3n) is 2.64. The lowest BCUT2D eigenvalue weighted by Crippen LogP contribution is -2.19. The van der Waals surface area contributed by atoms with Crippen molar-refractivity contribution in [3.8, 4) is 0 Å². The second kappa shape index (κ2) is 6.69. The fourth-order valence-corrected chi connectivity index (χ4v) is 2.75. The van der Waals surface area contributed by atoms with Crippen molar-refractivity contribution >= 4 is 21.6 Å². The Morgan fingerprint density at radius 2 is 2.00 bits per heavy atom. The number of hydrogen-bond acceptors (Lipinski definition) is 4. The largest absolute Gasteiger partial charge is 0.330 e. The van der Waals surface area contributed by atoms with Gasteiger partial charge in [-0.25, -0.2) is 4.98 Å². The summed E-state index contributed by atoms with van der Waals surface area (Å²) in [5, 5.41) is 4.63. The maximum atomic E-state index is 5.43. The molecule has 1 aromatic carbocycles. The van der Waals surface area contributed by atoms with Gasteiger partial charge in [0.15, 0.2) is 0 Å². The number of benzene rings is 1. The second-order valence-electron chi connectivity index (χ2n) is 4.07. The van der Waals surface area contributed by atoms with Gasteiger partial charge in [-0.3, -0.25) is 0 Å². The molecular formula is C13H19N3S. The highest BCUT2D eigenvalue weighted by atomic mass is 32.1. The van der Waals surface area contributed by atoms with Crippen LogP contribution in [0.15, 0.2) is 24.3 Å². The smallest absolute Gasteiger partial charge is 0.0939 e. The number of aryl methyl sites for hydroxylation is 1. The number of rotatable bonds is 7. The van der Waals surface area contributed by atoms with Crippen molar-refractivity contribution in [2.45, 2.75) is 19.3 Å². The number of thiazole rings is 1. The summed E-state index contributed by atoms with van der Waals surface area (Å²) in [4.78, 5) is 4.62. The van der Waals surface area contributed by atoms with Gasteiger partial charge in [-0.2, -0.15) is 0 Å². The summed E-state index contributed by atoms with van der Waals surface area (Å²) in [6, 6.07) is 8.32. The van der Waals surface area contributed by atoms with Gasteiger partial charge in [-0.15, -0.1) is 11.3 Å². The second-order valence-corrected chi connectivity index (χ2v) is 5.19.